The van der Waals surface area contributed by atoms with Gasteiger partial charge in [0.25, 0.3) is 0 Å². The van der Waals surface area contributed by atoms with Crippen LogP contribution < -0.4 is 0 Å². The zero-order valence-corrected chi connectivity index (χ0v) is 53.5. The quantitative estimate of drug-likeness (QED) is 0.152. The SMILES string of the molecule is CC(C)(c1c(-c2cccc(C#N)c2)c(-n2c3ccccc3c3ccc4sc5ccccc5c4c32)c(C(C)(C)n2c3ccccc3c3ccccc32)c(-n2c3ccccc3c3ccc4sc5ccccc5c4c32)c1-c1cccc(C#N)c1)n1c2ccccc2c2ccccc21. The number of nitriles is 2. The number of nitrogens with zero attached hydrogens (tertiary/aromatic N) is 6. The second-order valence-electron chi connectivity index (χ2n) is 26.0. The first-order valence-corrected chi connectivity index (χ1v) is 33.7. The van der Waals surface area contributed by atoms with Crippen molar-refractivity contribution in [3.63, 3.8) is 0 Å². The molecule has 13 aromatic carbocycles. The Bertz CT molecular complexity index is 6220. The summed E-state index contributed by atoms with van der Waals surface area (Å²) in [4.78, 5) is 0. The Kier molecular flexibility index (Phi) is 11.5. The van der Waals surface area contributed by atoms with E-state index < -0.39 is 11.1 Å². The first-order chi connectivity index (χ1) is 46.1. The molecule has 0 radical (unpaired) electrons. The fourth-order valence-electron chi connectivity index (χ4n) is 16.7. The number of hydrogen-bond acceptors (Lipinski definition) is 4. The number of hydrogen-bond donors (Lipinski definition) is 0. The van der Waals surface area contributed by atoms with E-state index in [-0.39, 0.29) is 0 Å². The van der Waals surface area contributed by atoms with Crippen LogP contribution in [0.25, 0.3) is 161 Å². The standard InChI is InChI=1S/C86H56N6S2/c1-85(2,91-67-37-15-7-27-55(67)56-28-8-16-38-68(56)91)79-75(53-25-21-23-51(47-53)49-87)83(89-65-35-13-5-31-59(65)61-43-45-73-77(81(61)89)63-33-11-19-41-71(63)93-73)80(86(3,4)92-69-39-17-9-29-57(69)58-30-10-18-40-70(58)92)84(76(79)54-26-22-24-52(48-54)50-88)90-66-36-14-6-32-60(66)62-44-46-74-78(82(62)90)64-34-12-20-42-72(64)94-74/h5-48H,1-4H3. The van der Waals surface area contributed by atoms with Crippen molar-refractivity contribution >= 4 is 150 Å². The zero-order valence-electron chi connectivity index (χ0n) is 51.9. The summed E-state index contributed by atoms with van der Waals surface area (Å²) in [6, 6.07) is 103. The lowest BCUT2D eigenvalue weighted by Gasteiger charge is -2.42. The highest BCUT2D eigenvalue weighted by Crippen LogP contribution is 2.58. The lowest BCUT2D eigenvalue weighted by Crippen LogP contribution is -2.35. The Hall–Kier alpha value is -11.5. The molecule has 0 aliphatic heterocycles. The summed E-state index contributed by atoms with van der Waals surface area (Å²) in [6.07, 6.45) is 0. The molecule has 442 valence electrons. The van der Waals surface area contributed by atoms with E-state index in [4.69, 9.17) is 0 Å². The van der Waals surface area contributed by atoms with Gasteiger partial charge >= 0.3 is 0 Å². The predicted octanol–water partition coefficient (Wildman–Crippen LogP) is 23.5. The van der Waals surface area contributed by atoms with Crippen LogP contribution in [0.5, 0.6) is 0 Å². The minimum Gasteiger partial charge on any atom is -0.331 e. The maximum absolute atomic E-state index is 11.4. The smallest absolute Gasteiger partial charge is 0.0991 e. The van der Waals surface area contributed by atoms with Crippen molar-refractivity contribution in [3.05, 3.63) is 289 Å². The summed E-state index contributed by atoms with van der Waals surface area (Å²) in [5.41, 5.74) is 15.6. The van der Waals surface area contributed by atoms with Gasteiger partial charge in [-0.2, -0.15) is 10.5 Å². The Morgan fingerprint density at radius 3 is 0.989 bits per heavy atom. The lowest BCUT2D eigenvalue weighted by molar-refractivity contribution is 0.455. The predicted molar refractivity (Wildman–Crippen MR) is 397 cm³/mol. The van der Waals surface area contributed by atoms with Crippen molar-refractivity contribution in [2.75, 3.05) is 0 Å². The third-order valence-electron chi connectivity index (χ3n) is 20.3. The van der Waals surface area contributed by atoms with Gasteiger partial charge < -0.3 is 18.3 Å². The average molecular weight is 1240 g/mol. The Balaban J connectivity index is 1.20. The molecular weight excluding hydrogens is 1180 g/mol. The molecule has 0 N–H and O–H groups in total. The minimum atomic E-state index is -1.00. The van der Waals surface area contributed by atoms with E-state index in [2.05, 4.69) is 313 Å². The van der Waals surface area contributed by atoms with Crippen LogP contribution in [0.15, 0.2) is 267 Å². The third kappa shape index (κ3) is 7.38. The second kappa shape index (κ2) is 20.0. The van der Waals surface area contributed by atoms with Crippen LogP contribution in [0.3, 0.4) is 0 Å². The molecule has 0 aliphatic rings. The summed E-state index contributed by atoms with van der Waals surface area (Å²) < 4.78 is 15.4. The van der Waals surface area contributed by atoms with Gasteiger partial charge in [-0.3, -0.25) is 0 Å². The highest BCUT2D eigenvalue weighted by molar-refractivity contribution is 7.26. The van der Waals surface area contributed by atoms with Crippen LogP contribution in [0.2, 0.25) is 0 Å². The lowest BCUT2D eigenvalue weighted by atomic mass is 9.74. The van der Waals surface area contributed by atoms with E-state index in [0.29, 0.717) is 11.1 Å². The largest absolute Gasteiger partial charge is 0.331 e. The van der Waals surface area contributed by atoms with Crippen LogP contribution in [-0.4, -0.2) is 18.3 Å². The first kappa shape index (κ1) is 54.2. The number of fused-ring (bicyclic) bond motifs is 20. The molecule has 0 fully saturated rings. The molecule has 0 saturated carbocycles. The van der Waals surface area contributed by atoms with Gasteiger partial charge in [-0.05, 0) is 129 Å². The van der Waals surface area contributed by atoms with Gasteiger partial charge in [-0.15, -0.1) is 22.7 Å². The average Bonchev–Trinajstić information content (AvgIpc) is 1.33. The van der Waals surface area contributed by atoms with Crippen molar-refractivity contribution in [2.45, 2.75) is 38.8 Å². The maximum Gasteiger partial charge on any atom is 0.0991 e. The molecule has 0 aliphatic carbocycles. The fourth-order valence-corrected chi connectivity index (χ4v) is 18.9. The van der Waals surface area contributed by atoms with E-state index in [9.17, 15) is 10.5 Å². The summed E-state index contributed by atoms with van der Waals surface area (Å²) in [5.74, 6) is 0. The monoisotopic (exact) mass is 1240 g/mol. The molecule has 0 atom stereocenters. The second-order valence-corrected chi connectivity index (χ2v) is 28.2. The number of thiophene rings is 2. The van der Waals surface area contributed by atoms with Crippen LogP contribution in [-0.2, 0) is 11.1 Å². The van der Waals surface area contributed by atoms with Gasteiger partial charge in [0, 0.05) is 122 Å². The van der Waals surface area contributed by atoms with E-state index in [1.165, 1.54) is 40.3 Å². The topological polar surface area (TPSA) is 67.3 Å². The minimum absolute atomic E-state index is 0.548. The highest BCUT2D eigenvalue weighted by Gasteiger charge is 2.44. The molecule has 0 spiro atoms. The Labute approximate surface area is 549 Å². The van der Waals surface area contributed by atoms with Crippen LogP contribution in [0.4, 0.5) is 0 Å². The molecular formula is C86H56N6S2. The van der Waals surface area contributed by atoms with Gasteiger partial charge in [-0.25, -0.2) is 0 Å². The molecule has 6 aromatic heterocycles. The zero-order chi connectivity index (χ0) is 62.9. The van der Waals surface area contributed by atoms with Crippen molar-refractivity contribution in [2.24, 2.45) is 0 Å². The summed E-state index contributed by atoms with van der Waals surface area (Å²) in [7, 11) is 0. The third-order valence-corrected chi connectivity index (χ3v) is 22.6. The molecule has 94 heavy (non-hydrogen) atoms. The van der Waals surface area contributed by atoms with Gasteiger partial charge in [-0.1, -0.05) is 182 Å². The number of benzene rings is 13. The van der Waals surface area contributed by atoms with E-state index in [1.807, 2.05) is 34.8 Å². The van der Waals surface area contributed by atoms with Crippen LogP contribution in [0, 0.1) is 22.7 Å². The van der Waals surface area contributed by atoms with Crippen molar-refractivity contribution in [3.8, 4) is 45.8 Å². The molecule has 6 nitrogen and oxygen atoms in total. The van der Waals surface area contributed by atoms with Crippen molar-refractivity contribution in [1.29, 1.82) is 10.5 Å². The maximum atomic E-state index is 11.4. The number of rotatable bonds is 8. The number of para-hydroxylation sites is 6. The van der Waals surface area contributed by atoms with Gasteiger partial charge in [0.1, 0.15) is 0 Å². The molecule has 0 amide bonds. The van der Waals surface area contributed by atoms with E-state index in [1.54, 1.807) is 0 Å². The van der Waals surface area contributed by atoms with Crippen molar-refractivity contribution < 1.29 is 0 Å². The molecule has 6 heterocycles. The molecule has 0 saturated heterocycles. The van der Waals surface area contributed by atoms with E-state index >= 15 is 0 Å². The van der Waals surface area contributed by atoms with E-state index in [0.717, 1.165) is 132 Å². The normalized spacial score (nSPS) is 12.4. The highest BCUT2D eigenvalue weighted by atomic mass is 32.1. The molecule has 0 bridgehead atoms. The van der Waals surface area contributed by atoms with Gasteiger partial charge in [0.05, 0.1) is 67.8 Å². The van der Waals surface area contributed by atoms with Crippen molar-refractivity contribution in [1.82, 2.24) is 18.3 Å². The summed E-state index contributed by atoms with van der Waals surface area (Å²) in [6.45, 7) is 9.72. The molecule has 19 rings (SSSR count). The molecule has 8 heteroatoms. The van der Waals surface area contributed by atoms with Crippen LogP contribution >= 0.6 is 22.7 Å². The number of aromatic nitrogens is 4. The molecule has 0 unspecified atom stereocenters. The Morgan fingerprint density at radius 2 is 0.617 bits per heavy atom. The molecule has 19 aromatic rings. The summed E-state index contributed by atoms with van der Waals surface area (Å²) >= 11 is 3.68. The van der Waals surface area contributed by atoms with Gasteiger partial charge in [0.2, 0.25) is 0 Å². The van der Waals surface area contributed by atoms with Crippen LogP contribution in [0.1, 0.15) is 49.9 Å². The first-order valence-electron chi connectivity index (χ1n) is 32.0. The Morgan fingerprint density at radius 1 is 0.298 bits per heavy atom. The summed E-state index contributed by atoms with van der Waals surface area (Å²) in [5, 5.41) is 36.7. The van der Waals surface area contributed by atoms with Gasteiger partial charge in [0.15, 0.2) is 0 Å². The fraction of sp³-hybridized carbons (Fsp3) is 0.0698.